The standard InChI is InChI=1S/C22H19N3O2/c26-21(23-13-12-16-14-24-19-10-4-3-9-18(16)19)22(27)25-20-11-5-7-15-6-1-2-8-17(15)20/h1-11,14,24H,12-13H2,(H,23,26)(H,25,27). The molecule has 0 bridgehead atoms. The molecule has 27 heavy (non-hydrogen) atoms. The van der Waals surface area contributed by atoms with Gasteiger partial charge in [-0.2, -0.15) is 0 Å². The third-order valence-corrected chi connectivity index (χ3v) is 4.60. The molecule has 3 N–H and O–H groups in total. The minimum atomic E-state index is -0.662. The zero-order valence-corrected chi connectivity index (χ0v) is 14.7. The number of aromatic amines is 1. The number of carbonyl (C=O) groups is 2. The first-order valence-corrected chi connectivity index (χ1v) is 8.84. The highest BCUT2D eigenvalue weighted by Crippen LogP contribution is 2.22. The molecule has 0 aliphatic carbocycles. The highest BCUT2D eigenvalue weighted by Gasteiger charge is 2.14. The number of hydrogen-bond donors (Lipinski definition) is 3. The third-order valence-electron chi connectivity index (χ3n) is 4.60. The molecule has 0 saturated carbocycles. The van der Waals surface area contributed by atoms with Gasteiger partial charge in [-0.15, -0.1) is 0 Å². The van der Waals surface area contributed by atoms with Gasteiger partial charge >= 0.3 is 11.8 Å². The van der Waals surface area contributed by atoms with Gasteiger partial charge in [-0.25, -0.2) is 0 Å². The van der Waals surface area contributed by atoms with Crippen LogP contribution in [0.5, 0.6) is 0 Å². The maximum atomic E-state index is 12.2. The summed E-state index contributed by atoms with van der Waals surface area (Å²) < 4.78 is 0. The van der Waals surface area contributed by atoms with Gasteiger partial charge in [-0.05, 0) is 29.5 Å². The molecule has 1 aromatic heterocycles. The summed E-state index contributed by atoms with van der Waals surface area (Å²) in [5, 5.41) is 8.43. The van der Waals surface area contributed by atoms with Gasteiger partial charge in [-0.3, -0.25) is 9.59 Å². The number of benzene rings is 3. The van der Waals surface area contributed by atoms with E-state index in [9.17, 15) is 9.59 Å². The minimum absolute atomic E-state index is 0.392. The Hall–Kier alpha value is -3.60. The first-order valence-electron chi connectivity index (χ1n) is 8.84. The molecule has 4 aromatic rings. The molecule has 1 heterocycles. The molecular weight excluding hydrogens is 338 g/mol. The Morgan fingerprint density at radius 2 is 1.56 bits per heavy atom. The summed E-state index contributed by atoms with van der Waals surface area (Å²) in [5.41, 5.74) is 2.80. The van der Waals surface area contributed by atoms with E-state index < -0.39 is 11.8 Å². The van der Waals surface area contributed by atoms with Gasteiger partial charge in [0.1, 0.15) is 0 Å². The average Bonchev–Trinajstić information content (AvgIpc) is 3.11. The molecule has 0 aliphatic heterocycles. The number of para-hydroxylation sites is 1. The van der Waals surface area contributed by atoms with Crippen molar-refractivity contribution >= 4 is 39.2 Å². The van der Waals surface area contributed by atoms with Crippen molar-refractivity contribution in [2.45, 2.75) is 6.42 Å². The summed E-state index contributed by atoms with van der Waals surface area (Å²) in [6.45, 7) is 0.392. The Kier molecular flexibility index (Phi) is 4.58. The van der Waals surface area contributed by atoms with Crippen molar-refractivity contribution in [1.82, 2.24) is 10.3 Å². The molecule has 4 rings (SSSR count). The van der Waals surface area contributed by atoms with Crippen molar-refractivity contribution in [3.05, 3.63) is 78.5 Å². The SMILES string of the molecule is O=C(NCCc1c[nH]c2ccccc12)C(=O)Nc1cccc2ccccc12. The molecule has 0 unspecified atom stereocenters. The van der Waals surface area contributed by atoms with Gasteiger partial charge in [0.05, 0.1) is 0 Å². The Labute approximate surface area is 156 Å². The molecule has 0 aliphatic rings. The van der Waals surface area contributed by atoms with Crippen LogP contribution in [0.2, 0.25) is 0 Å². The smallest absolute Gasteiger partial charge is 0.313 e. The number of hydrogen-bond acceptors (Lipinski definition) is 2. The van der Waals surface area contributed by atoms with Gasteiger partial charge in [0.2, 0.25) is 0 Å². The molecule has 0 fully saturated rings. The largest absolute Gasteiger partial charge is 0.361 e. The predicted molar refractivity (Wildman–Crippen MR) is 108 cm³/mol. The van der Waals surface area contributed by atoms with Crippen LogP contribution in [0.1, 0.15) is 5.56 Å². The second-order valence-corrected chi connectivity index (χ2v) is 6.35. The van der Waals surface area contributed by atoms with Crippen LogP contribution in [-0.4, -0.2) is 23.3 Å². The van der Waals surface area contributed by atoms with E-state index in [1.807, 2.05) is 66.9 Å². The Bertz CT molecular complexity index is 1130. The van der Waals surface area contributed by atoms with E-state index >= 15 is 0 Å². The Morgan fingerprint density at radius 3 is 2.44 bits per heavy atom. The number of carbonyl (C=O) groups excluding carboxylic acids is 2. The Morgan fingerprint density at radius 1 is 0.815 bits per heavy atom. The zero-order valence-electron chi connectivity index (χ0n) is 14.7. The molecule has 134 valence electrons. The van der Waals surface area contributed by atoms with Gasteiger partial charge in [0, 0.05) is 34.7 Å². The molecule has 0 radical (unpaired) electrons. The van der Waals surface area contributed by atoms with E-state index in [-0.39, 0.29) is 0 Å². The fourth-order valence-electron chi connectivity index (χ4n) is 3.24. The number of anilines is 1. The molecule has 2 amide bonds. The Balaban J connectivity index is 1.37. The first kappa shape index (κ1) is 16.8. The third kappa shape index (κ3) is 3.53. The van der Waals surface area contributed by atoms with Gasteiger partial charge in [0.15, 0.2) is 0 Å². The molecule has 3 aromatic carbocycles. The van der Waals surface area contributed by atoms with Gasteiger partial charge in [-0.1, -0.05) is 54.6 Å². The molecule has 0 spiro atoms. The van der Waals surface area contributed by atoms with Crippen LogP contribution < -0.4 is 10.6 Å². The first-order chi connectivity index (χ1) is 13.2. The lowest BCUT2D eigenvalue weighted by Crippen LogP contribution is -2.36. The lowest BCUT2D eigenvalue weighted by molar-refractivity contribution is -0.136. The summed E-state index contributed by atoms with van der Waals surface area (Å²) in [7, 11) is 0. The summed E-state index contributed by atoms with van der Waals surface area (Å²) in [6.07, 6.45) is 2.59. The number of aromatic nitrogens is 1. The lowest BCUT2D eigenvalue weighted by Gasteiger charge is -2.09. The fourth-order valence-corrected chi connectivity index (χ4v) is 3.24. The number of fused-ring (bicyclic) bond motifs is 2. The minimum Gasteiger partial charge on any atom is -0.361 e. The fraction of sp³-hybridized carbons (Fsp3) is 0.0909. The monoisotopic (exact) mass is 357 g/mol. The van der Waals surface area contributed by atoms with E-state index in [4.69, 9.17) is 0 Å². The lowest BCUT2D eigenvalue weighted by atomic mass is 10.1. The van der Waals surface area contributed by atoms with E-state index in [0.717, 1.165) is 27.2 Å². The van der Waals surface area contributed by atoms with E-state index in [1.54, 1.807) is 6.07 Å². The maximum Gasteiger partial charge on any atom is 0.313 e. The highest BCUT2D eigenvalue weighted by atomic mass is 16.2. The number of rotatable bonds is 4. The molecule has 5 nitrogen and oxygen atoms in total. The van der Waals surface area contributed by atoms with Crippen LogP contribution in [0.4, 0.5) is 5.69 Å². The molecular formula is C22H19N3O2. The highest BCUT2D eigenvalue weighted by molar-refractivity contribution is 6.40. The van der Waals surface area contributed by atoms with Crippen LogP contribution in [-0.2, 0) is 16.0 Å². The van der Waals surface area contributed by atoms with Crippen LogP contribution >= 0.6 is 0 Å². The van der Waals surface area contributed by atoms with Gasteiger partial charge in [0.25, 0.3) is 0 Å². The zero-order chi connectivity index (χ0) is 18.6. The summed E-state index contributed by atoms with van der Waals surface area (Å²) in [6, 6.07) is 21.3. The average molecular weight is 357 g/mol. The van der Waals surface area contributed by atoms with Crippen molar-refractivity contribution in [2.24, 2.45) is 0 Å². The van der Waals surface area contributed by atoms with Crippen LogP contribution in [0.15, 0.2) is 72.9 Å². The normalized spacial score (nSPS) is 10.8. The molecule has 5 heteroatoms. The van der Waals surface area contributed by atoms with Crippen molar-refractivity contribution < 1.29 is 9.59 Å². The topological polar surface area (TPSA) is 74.0 Å². The van der Waals surface area contributed by atoms with Crippen LogP contribution in [0.3, 0.4) is 0 Å². The predicted octanol–water partition coefficient (Wildman–Crippen LogP) is 3.62. The number of nitrogens with one attached hydrogen (secondary N) is 3. The number of amides is 2. The van der Waals surface area contributed by atoms with Crippen molar-refractivity contribution in [2.75, 3.05) is 11.9 Å². The molecule has 0 saturated heterocycles. The second kappa shape index (κ2) is 7.33. The van der Waals surface area contributed by atoms with Crippen molar-refractivity contribution in [1.29, 1.82) is 0 Å². The van der Waals surface area contributed by atoms with E-state index in [2.05, 4.69) is 15.6 Å². The molecule has 0 atom stereocenters. The summed E-state index contributed by atoms with van der Waals surface area (Å²) in [4.78, 5) is 27.6. The van der Waals surface area contributed by atoms with Crippen LogP contribution in [0, 0.1) is 0 Å². The van der Waals surface area contributed by atoms with Crippen molar-refractivity contribution in [3.8, 4) is 0 Å². The van der Waals surface area contributed by atoms with Crippen molar-refractivity contribution in [3.63, 3.8) is 0 Å². The van der Waals surface area contributed by atoms with Crippen LogP contribution in [0.25, 0.3) is 21.7 Å². The van der Waals surface area contributed by atoms with Gasteiger partial charge < -0.3 is 15.6 Å². The van der Waals surface area contributed by atoms with E-state index in [0.29, 0.717) is 18.7 Å². The number of H-pyrrole nitrogens is 1. The summed E-state index contributed by atoms with van der Waals surface area (Å²) in [5.74, 6) is -1.30. The summed E-state index contributed by atoms with van der Waals surface area (Å²) >= 11 is 0. The quantitative estimate of drug-likeness (QED) is 0.488. The maximum absolute atomic E-state index is 12.2. The van der Waals surface area contributed by atoms with E-state index in [1.165, 1.54) is 0 Å². The second-order valence-electron chi connectivity index (χ2n) is 6.35.